The van der Waals surface area contributed by atoms with Crippen LogP contribution >= 0.6 is 0 Å². The van der Waals surface area contributed by atoms with Gasteiger partial charge in [0.25, 0.3) is 0 Å². The summed E-state index contributed by atoms with van der Waals surface area (Å²) in [5, 5.41) is 116. The Kier molecular flexibility index (Phi) is 35.5. The maximum Gasteiger partial charge on any atom is 0.328 e. The Morgan fingerprint density at radius 1 is 0.583 bits per heavy atom. The van der Waals surface area contributed by atoms with E-state index in [-0.39, 0.29) is 50.0 Å². The van der Waals surface area contributed by atoms with Crippen molar-refractivity contribution < 1.29 is 122 Å². The van der Waals surface area contributed by atoms with Gasteiger partial charge in [0.05, 0.1) is 52.3 Å². The molecule has 24 N–H and O–H groups in total. The third kappa shape index (κ3) is 28.3. The molecule has 2 saturated heterocycles. The van der Waals surface area contributed by atoms with Crippen molar-refractivity contribution in [2.24, 2.45) is 22.4 Å². The summed E-state index contributed by atoms with van der Waals surface area (Å²) in [6, 6.07) is -1.92. The van der Waals surface area contributed by atoms with Crippen LogP contribution in [0.2, 0.25) is 0 Å². The van der Waals surface area contributed by atoms with Crippen molar-refractivity contribution in [1.82, 2.24) is 58.5 Å². The van der Waals surface area contributed by atoms with Crippen LogP contribution in [0.25, 0.3) is 0 Å². The van der Waals surface area contributed by atoms with Gasteiger partial charge >= 0.3 is 11.9 Å². The molecular weight excluding hydrogens is 1280 g/mol. The molecule has 0 bridgehead atoms. The molecule has 538 valence electrons. The van der Waals surface area contributed by atoms with E-state index in [9.17, 15) is 108 Å². The van der Waals surface area contributed by atoms with E-state index in [0.29, 0.717) is 37.8 Å². The van der Waals surface area contributed by atoms with Gasteiger partial charge in [-0.3, -0.25) is 62.5 Å². The van der Waals surface area contributed by atoms with Gasteiger partial charge in [-0.05, 0) is 37.7 Å². The molecule has 0 spiro atoms. The number of rotatable bonds is 41. The number of nitrogens with two attached hydrogens (primary N) is 2. The molecule has 2 fully saturated rings. The molecule has 5 unspecified atom stereocenters. The molecule has 16 atom stereocenters. The summed E-state index contributed by atoms with van der Waals surface area (Å²) < 4.78 is 16.9. The summed E-state index contributed by atoms with van der Waals surface area (Å²) in [6.07, 6.45) is -16.8. The quantitative estimate of drug-likeness (QED) is 0.0164. The molecule has 39 nitrogen and oxygen atoms in total. The summed E-state index contributed by atoms with van der Waals surface area (Å²) >= 11 is 0. The van der Waals surface area contributed by atoms with Crippen LogP contribution in [0.1, 0.15) is 84.1 Å². The molecule has 0 aliphatic carbocycles. The standard InChI is InChI=1S/C57H90N14O25/c1-4-27(2)49(87)60-16-10-6-9-15-37(76)67-31(18-29-12-7-5-8-13-29)51(89)63-23-40(79)68-32(19-38(77)71-54-43(65-28(3)75)45(84)48(36(26-74)94-54)96-56-47(86)46(85)44(83)35(25-73)95-56)52(90)64-21-39(78)66-30(14-11-17-61-57(58)59)50(88)62-22-41(80)69-33(20-42(81)82)53(91)70-34(24-72)55(92)93/h5,7-8,12-13,27,30-36,43-48,54,56,72-74,83-86H,4,6,9-11,14-26H2,1-3H3,(H,60,87)(H,62,88)(H,63,89)(H,64,90)(H,65,75)(H,66,78)(H,67,76)(H,68,79)(H,69,80)(H,70,91)(H,71,77)(H,81,82)(H,92,93)(H4,58,59,61)/t27?,30-,31-,32-,33-,34-,35+,36?,43?,44+,45+,46?,47?,48-,54+,56+/m0/s1. The average Bonchev–Trinajstić information content (AvgIpc) is 0.784. The molecule has 2 heterocycles. The minimum Gasteiger partial charge on any atom is -0.481 e. The zero-order valence-corrected chi connectivity index (χ0v) is 53.0. The molecule has 0 radical (unpaired) electrons. The van der Waals surface area contributed by atoms with Crippen LogP contribution in [-0.4, -0.2) is 273 Å². The van der Waals surface area contributed by atoms with Gasteiger partial charge < -0.3 is 130 Å². The number of nitrogens with one attached hydrogen (secondary N) is 11. The lowest BCUT2D eigenvalue weighted by Gasteiger charge is -2.47. The number of aliphatic hydroxyl groups excluding tert-OH is 7. The molecule has 1 aromatic rings. The molecule has 11 amide bonds. The van der Waals surface area contributed by atoms with Crippen molar-refractivity contribution in [3.63, 3.8) is 0 Å². The van der Waals surface area contributed by atoms with Gasteiger partial charge in [0.1, 0.15) is 79.0 Å². The molecule has 2 aliphatic heterocycles. The fraction of sp³-hybridized carbons (Fsp3) is 0.649. The molecular formula is C57H90N14O25. The van der Waals surface area contributed by atoms with Crippen molar-refractivity contribution >= 4 is 82.9 Å². The smallest absolute Gasteiger partial charge is 0.328 e. The number of carbonyl (C=O) groups excluding carboxylic acids is 11. The lowest BCUT2D eigenvalue weighted by molar-refractivity contribution is -0.336. The maximum atomic E-state index is 14.1. The molecule has 0 aromatic heterocycles. The van der Waals surface area contributed by atoms with Crippen molar-refractivity contribution in [3.8, 4) is 0 Å². The minimum absolute atomic E-state index is 0.0109. The fourth-order valence-corrected chi connectivity index (χ4v) is 9.44. The second kappa shape index (κ2) is 41.9. The van der Waals surface area contributed by atoms with Gasteiger partial charge in [0.2, 0.25) is 65.0 Å². The van der Waals surface area contributed by atoms with Crippen LogP contribution in [0.3, 0.4) is 0 Å². The third-order valence-corrected chi connectivity index (χ3v) is 14.8. The SMILES string of the molecule is CCC(C)C(=O)NCCCCCC(=O)N[C@@H](Cc1ccccc1)C(=O)NCC(=O)N[C@@H](CC(=O)N[C@@H]1OC(CO)[C@H](O[C@H]2O[C@H](CO)[C@@H](O)C(O)C2O)[C@H](O)C1NC(C)=O)C(=O)NCC(=O)N[C@@H](CCCN=C(N)N)C(=O)NCC(=O)N[C@@H](CC(=O)O)C(=O)N[C@@H](CO)C(=O)O. The number of benzene rings is 1. The third-order valence-electron chi connectivity index (χ3n) is 14.8. The van der Waals surface area contributed by atoms with Gasteiger partial charge in [0.15, 0.2) is 18.5 Å². The molecule has 1 aromatic carbocycles. The molecule has 3 rings (SSSR count). The zero-order valence-electron chi connectivity index (χ0n) is 53.0. The highest BCUT2D eigenvalue weighted by Crippen LogP contribution is 2.29. The van der Waals surface area contributed by atoms with Crippen molar-refractivity contribution in [2.45, 2.75) is 176 Å². The van der Waals surface area contributed by atoms with Crippen LogP contribution < -0.4 is 70.0 Å². The Morgan fingerprint density at radius 3 is 1.69 bits per heavy atom. The predicted molar refractivity (Wildman–Crippen MR) is 327 cm³/mol. The number of ether oxygens (including phenoxy) is 3. The Hall–Kier alpha value is -8.80. The van der Waals surface area contributed by atoms with Gasteiger partial charge in [-0.15, -0.1) is 0 Å². The van der Waals surface area contributed by atoms with Gasteiger partial charge in [0, 0.05) is 38.8 Å². The number of nitrogens with zero attached hydrogens (tertiary/aromatic N) is 1. The largest absolute Gasteiger partial charge is 0.481 e. The second-order valence-corrected chi connectivity index (χ2v) is 22.4. The van der Waals surface area contributed by atoms with E-state index in [0.717, 1.165) is 6.92 Å². The summed E-state index contributed by atoms with van der Waals surface area (Å²) in [4.78, 5) is 173. The Balaban J connectivity index is 1.89. The topological polar surface area (TPSA) is 628 Å². The monoisotopic (exact) mass is 1370 g/mol. The van der Waals surface area contributed by atoms with E-state index in [1.54, 1.807) is 37.3 Å². The lowest BCUT2D eigenvalue weighted by atomic mass is 9.94. The second-order valence-electron chi connectivity index (χ2n) is 22.4. The highest BCUT2D eigenvalue weighted by Gasteiger charge is 2.51. The Labute approximate surface area is 549 Å². The number of hydrogen-bond acceptors (Lipinski definition) is 24. The van der Waals surface area contributed by atoms with E-state index in [1.165, 1.54) is 0 Å². The van der Waals surface area contributed by atoms with Crippen molar-refractivity contribution in [2.75, 3.05) is 52.5 Å². The number of aliphatic carboxylic acids is 2. The number of carbonyl (C=O) groups is 13. The predicted octanol–water partition coefficient (Wildman–Crippen LogP) is -10.4. The number of amides is 11. The maximum absolute atomic E-state index is 14.1. The van der Waals surface area contributed by atoms with E-state index >= 15 is 0 Å². The highest BCUT2D eigenvalue weighted by atomic mass is 16.7. The highest BCUT2D eigenvalue weighted by molar-refractivity contribution is 5.98. The number of carboxylic acid groups (broad SMARTS) is 2. The van der Waals surface area contributed by atoms with Gasteiger partial charge in [-0.1, -0.05) is 50.6 Å². The van der Waals surface area contributed by atoms with E-state index < -0.39 is 215 Å². The first-order valence-corrected chi connectivity index (χ1v) is 30.6. The van der Waals surface area contributed by atoms with Crippen LogP contribution in [-0.2, 0) is 83.0 Å². The van der Waals surface area contributed by atoms with E-state index in [2.05, 4.69) is 52.8 Å². The lowest BCUT2D eigenvalue weighted by Crippen LogP contribution is -2.70. The number of unbranched alkanes of at least 4 members (excludes halogenated alkanes) is 2. The van der Waals surface area contributed by atoms with Gasteiger partial charge in [-0.2, -0.15) is 0 Å². The summed E-state index contributed by atoms with van der Waals surface area (Å²) in [5.74, 6) is -14.5. The molecule has 96 heavy (non-hydrogen) atoms. The summed E-state index contributed by atoms with van der Waals surface area (Å²) in [5.41, 5.74) is 11.4. The first-order valence-electron chi connectivity index (χ1n) is 30.6. The van der Waals surface area contributed by atoms with Crippen LogP contribution in [0.5, 0.6) is 0 Å². The normalized spacial score (nSPS) is 22.4. The number of guanidine groups is 1. The number of carboxylic acids is 2. The number of aliphatic imine (C=N–C) groups is 1. The molecule has 39 heteroatoms. The first-order chi connectivity index (χ1) is 45.4. The minimum atomic E-state index is -2.02. The Morgan fingerprint density at radius 2 is 1.15 bits per heavy atom. The Bertz CT molecular complexity index is 2820. The zero-order chi connectivity index (χ0) is 71.8. The molecule has 2 aliphatic rings. The summed E-state index contributed by atoms with van der Waals surface area (Å²) in [7, 11) is 0. The van der Waals surface area contributed by atoms with E-state index in [4.69, 9.17) is 25.7 Å². The van der Waals surface area contributed by atoms with Crippen LogP contribution in [0.4, 0.5) is 0 Å². The fourth-order valence-electron chi connectivity index (χ4n) is 9.44. The molecule has 0 saturated carbocycles. The number of hydrogen-bond donors (Lipinski definition) is 22. The van der Waals surface area contributed by atoms with Gasteiger partial charge in [-0.25, -0.2) is 4.79 Å². The van der Waals surface area contributed by atoms with Crippen LogP contribution in [0, 0.1) is 5.92 Å². The average molecular weight is 1370 g/mol. The number of aliphatic hydroxyl groups is 7. The van der Waals surface area contributed by atoms with Crippen LogP contribution in [0.15, 0.2) is 35.3 Å². The van der Waals surface area contributed by atoms with E-state index in [1.807, 2.05) is 17.6 Å². The first kappa shape index (κ1) is 81.4. The van der Waals surface area contributed by atoms with Crippen molar-refractivity contribution in [1.29, 1.82) is 0 Å². The summed E-state index contributed by atoms with van der Waals surface area (Å²) in [6.45, 7) is -0.964. The van der Waals surface area contributed by atoms with Crippen molar-refractivity contribution in [3.05, 3.63) is 35.9 Å².